The lowest BCUT2D eigenvalue weighted by molar-refractivity contribution is 0.262. The van der Waals surface area contributed by atoms with Crippen molar-refractivity contribution in [2.45, 2.75) is 32.1 Å². The zero-order valence-electron chi connectivity index (χ0n) is 15.8. The Labute approximate surface area is 173 Å². The first kappa shape index (κ1) is 19.5. The fourth-order valence-corrected chi connectivity index (χ4v) is 3.78. The van der Waals surface area contributed by atoms with E-state index in [0.29, 0.717) is 17.3 Å². The van der Waals surface area contributed by atoms with Crippen LogP contribution in [0, 0.1) is 11.7 Å². The van der Waals surface area contributed by atoms with Gasteiger partial charge < -0.3 is 10.6 Å². The van der Waals surface area contributed by atoms with Crippen LogP contribution in [-0.2, 0) is 0 Å². The van der Waals surface area contributed by atoms with Gasteiger partial charge in [-0.15, -0.1) is 0 Å². The van der Waals surface area contributed by atoms with Crippen molar-refractivity contribution in [1.29, 1.82) is 0 Å². The van der Waals surface area contributed by atoms with E-state index in [0.717, 1.165) is 16.6 Å². The quantitative estimate of drug-likeness (QED) is 0.452. The maximum absolute atomic E-state index is 13.5. The Balaban J connectivity index is 1.43. The first-order chi connectivity index (χ1) is 14.1. The number of halogens is 2. The number of anilines is 2. The summed E-state index contributed by atoms with van der Waals surface area (Å²) in [5.74, 6) is 0.0509. The van der Waals surface area contributed by atoms with E-state index in [1.165, 1.54) is 50.3 Å². The molecule has 3 N–H and O–H groups in total. The van der Waals surface area contributed by atoms with E-state index >= 15 is 0 Å². The van der Waals surface area contributed by atoms with Crippen LogP contribution in [0.1, 0.15) is 37.8 Å². The van der Waals surface area contributed by atoms with E-state index < -0.39 is 11.8 Å². The molecule has 1 fully saturated rings. The van der Waals surface area contributed by atoms with Gasteiger partial charge in [-0.1, -0.05) is 36.9 Å². The van der Waals surface area contributed by atoms with Crippen LogP contribution in [0.25, 0.3) is 17.0 Å². The Hall–Kier alpha value is -2.86. The number of fused-ring (bicyclic) bond motifs is 1. The van der Waals surface area contributed by atoms with Gasteiger partial charge in [0, 0.05) is 16.8 Å². The molecular formula is C22H22ClFN4O. The van der Waals surface area contributed by atoms with Gasteiger partial charge in [0.05, 0.1) is 16.2 Å². The van der Waals surface area contributed by atoms with E-state index in [1.54, 1.807) is 0 Å². The van der Waals surface area contributed by atoms with Gasteiger partial charge in [0.15, 0.2) is 0 Å². The van der Waals surface area contributed by atoms with Gasteiger partial charge in [-0.2, -0.15) is 5.10 Å². The fourth-order valence-electron chi connectivity index (χ4n) is 3.67. The summed E-state index contributed by atoms with van der Waals surface area (Å²) in [5.41, 5.74) is 2.67. The first-order valence-corrected chi connectivity index (χ1v) is 10.2. The normalized spacial score (nSPS) is 15.1. The lowest BCUT2D eigenvalue weighted by atomic mass is 9.89. The van der Waals surface area contributed by atoms with Gasteiger partial charge >= 0.3 is 6.03 Å². The number of hydrogen-bond acceptors (Lipinski definition) is 2. The second-order valence-corrected chi connectivity index (χ2v) is 7.74. The third-order valence-electron chi connectivity index (χ3n) is 5.20. The molecule has 3 aromatic rings. The van der Waals surface area contributed by atoms with Crippen molar-refractivity contribution in [2.75, 3.05) is 10.6 Å². The maximum Gasteiger partial charge on any atom is 0.323 e. The summed E-state index contributed by atoms with van der Waals surface area (Å²) in [6.07, 6.45) is 10.8. The molecule has 1 saturated carbocycles. The summed E-state index contributed by atoms with van der Waals surface area (Å²) in [6.45, 7) is 0. The maximum atomic E-state index is 13.5. The number of carbonyl (C=O) groups excluding carboxylic acids is 1. The third kappa shape index (κ3) is 4.77. The minimum atomic E-state index is -0.586. The molecule has 2 aromatic carbocycles. The van der Waals surface area contributed by atoms with Crippen LogP contribution in [0.5, 0.6) is 0 Å². The van der Waals surface area contributed by atoms with Crippen molar-refractivity contribution in [2.24, 2.45) is 5.92 Å². The Kier molecular flexibility index (Phi) is 5.81. The summed E-state index contributed by atoms with van der Waals surface area (Å²) in [7, 11) is 0. The Morgan fingerprint density at radius 2 is 1.83 bits per heavy atom. The highest BCUT2D eigenvalue weighted by Gasteiger charge is 2.11. The molecule has 0 radical (unpaired) electrons. The summed E-state index contributed by atoms with van der Waals surface area (Å²) in [6, 6.07) is 9.20. The van der Waals surface area contributed by atoms with Crippen LogP contribution in [0.2, 0.25) is 5.02 Å². The molecule has 5 nitrogen and oxygen atoms in total. The van der Waals surface area contributed by atoms with Gasteiger partial charge in [-0.3, -0.25) is 5.10 Å². The second-order valence-electron chi connectivity index (χ2n) is 7.33. The molecule has 150 valence electrons. The highest BCUT2D eigenvalue weighted by atomic mass is 35.5. The monoisotopic (exact) mass is 412 g/mol. The predicted octanol–water partition coefficient (Wildman–Crippen LogP) is 6.59. The number of H-pyrrole nitrogens is 1. The molecule has 0 bridgehead atoms. The van der Waals surface area contributed by atoms with Crippen molar-refractivity contribution in [1.82, 2.24) is 10.2 Å². The fraction of sp³-hybridized carbons (Fsp3) is 0.273. The van der Waals surface area contributed by atoms with Gasteiger partial charge in [-0.05, 0) is 61.2 Å². The molecule has 0 saturated heterocycles. The van der Waals surface area contributed by atoms with E-state index in [2.05, 4.69) is 33.0 Å². The number of aromatic amines is 1. The average Bonchev–Trinajstić information content (AvgIpc) is 3.12. The molecule has 1 aromatic heterocycles. The van der Waals surface area contributed by atoms with Gasteiger partial charge in [0.1, 0.15) is 5.82 Å². The Morgan fingerprint density at radius 1 is 1.10 bits per heavy atom. The molecule has 1 aliphatic carbocycles. The highest BCUT2D eigenvalue weighted by molar-refractivity contribution is 6.30. The molecule has 29 heavy (non-hydrogen) atoms. The zero-order valence-corrected chi connectivity index (χ0v) is 16.6. The van der Waals surface area contributed by atoms with E-state index in [9.17, 15) is 9.18 Å². The number of aromatic nitrogens is 2. The molecular weight excluding hydrogens is 391 g/mol. The SMILES string of the molecule is O=C(Nc1ccc(Cl)c(F)c1)Nc1ccc2c(/C=C/C3CCCCC3)n[nH]c2c1. The molecule has 0 aliphatic heterocycles. The largest absolute Gasteiger partial charge is 0.323 e. The van der Waals surface area contributed by atoms with Crippen LogP contribution >= 0.6 is 11.6 Å². The minimum Gasteiger partial charge on any atom is -0.308 e. The molecule has 7 heteroatoms. The topological polar surface area (TPSA) is 69.8 Å². The number of nitrogens with one attached hydrogen (secondary N) is 3. The number of rotatable bonds is 4. The third-order valence-corrected chi connectivity index (χ3v) is 5.51. The molecule has 0 spiro atoms. The summed E-state index contributed by atoms with van der Waals surface area (Å²) >= 11 is 5.65. The number of benzene rings is 2. The summed E-state index contributed by atoms with van der Waals surface area (Å²) in [4.78, 5) is 12.2. The smallest absolute Gasteiger partial charge is 0.308 e. The lowest BCUT2D eigenvalue weighted by Gasteiger charge is -2.17. The highest BCUT2D eigenvalue weighted by Crippen LogP contribution is 2.27. The standard InChI is InChI=1S/C22H22ClFN4O/c23-18-10-8-15(12-19(18)24)25-22(29)26-16-7-9-17-20(27-28-21(17)13-16)11-6-14-4-2-1-3-5-14/h6-14H,1-5H2,(H,27,28)(H2,25,26,29)/b11-6+. The minimum absolute atomic E-state index is 0.00833. The zero-order chi connectivity index (χ0) is 20.2. The van der Waals surface area contributed by atoms with Crippen molar-refractivity contribution in [3.05, 3.63) is 59.0 Å². The lowest BCUT2D eigenvalue weighted by Crippen LogP contribution is -2.19. The average molecular weight is 413 g/mol. The number of urea groups is 1. The predicted molar refractivity (Wildman–Crippen MR) is 116 cm³/mol. The van der Waals surface area contributed by atoms with E-state index in [4.69, 9.17) is 11.6 Å². The van der Waals surface area contributed by atoms with Crippen LogP contribution in [-0.4, -0.2) is 16.2 Å². The Bertz CT molecular complexity index is 1060. The number of allylic oxidation sites excluding steroid dienone is 1. The van der Waals surface area contributed by atoms with Crippen LogP contribution < -0.4 is 10.6 Å². The summed E-state index contributed by atoms with van der Waals surface area (Å²) in [5, 5.41) is 13.7. The van der Waals surface area contributed by atoms with Crippen LogP contribution in [0.4, 0.5) is 20.6 Å². The van der Waals surface area contributed by atoms with Crippen LogP contribution in [0.15, 0.2) is 42.5 Å². The van der Waals surface area contributed by atoms with Gasteiger partial charge in [0.2, 0.25) is 0 Å². The number of carbonyl (C=O) groups is 1. The molecule has 0 unspecified atom stereocenters. The molecule has 2 amide bonds. The van der Waals surface area contributed by atoms with E-state index in [-0.39, 0.29) is 5.02 Å². The van der Waals surface area contributed by atoms with Crippen LogP contribution in [0.3, 0.4) is 0 Å². The number of nitrogens with zero attached hydrogens (tertiary/aromatic N) is 1. The van der Waals surface area contributed by atoms with Crippen molar-refractivity contribution >= 4 is 46.0 Å². The number of amides is 2. The second kappa shape index (κ2) is 8.66. The van der Waals surface area contributed by atoms with Gasteiger partial charge in [-0.25, -0.2) is 9.18 Å². The van der Waals surface area contributed by atoms with Crippen molar-refractivity contribution in [3.8, 4) is 0 Å². The molecule has 1 heterocycles. The molecule has 0 atom stereocenters. The van der Waals surface area contributed by atoms with E-state index in [1.807, 2.05) is 18.2 Å². The van der Waals surface area contributed by atoms with Crippen molar-refractivity contribution in [3.63, 3.8) is 0 Å². The molecule has 1 aliphatic rings. The van der Waals surface area contributed by atoms with Crippen molar-refractivity contribution < 1.29 is 9.18 Å². The Morgan fingerprint density at radius 3 is 2.59 bits per heavy atom. The first-order valence-electron chi connectivity index (χ1n) is 9.78. The number of hydrogen-bond donors (Lipinski definition) is 3. The summed E-state index contributed by atoms with van der Waals surface area (Å²) < 4.78 is 13.5. The van der Waals surface area contributed by atoms with Gasteiger partial charge in [0.25, 0.3) is 0 Å². The molecule has 4 rings (SSSR count).